The van der Waals surface area contributed by atoms with Crippen molar-refractivity contribution in [1.29, 1.82) is 0 Å². The van der Waals surface area contributed by atoms with Gasteiger partial charge in [-0.1, -0.05) is 32.0 Å². The number of rotatable bonds is 7. The first-order valence-corrected chi connectivity index (χ1v) is 12.6. The van der Waals surface area contributed by atoms with Crippen LogP contribution in [0.1, 0.15) is 26.3 Å². The maximum Gasteiger partial charge on any atom is 0.263 e. The van der Waals surface area contributed by atoms with E-state index in [2.05, 4.69) is 15.0 Å². The average Bonchev–Trinajstić information content (AvgIpc) is 2.99. The second-order valence-electron chi connectivity index (χ2n) is 6.86. The molecule has 1 amide bonds. The third-order valence-corrected chi connectivity index (χ3v) is 8.25. The summed E-state index contributed by atoms with van der Waals surface area (Å²) in [7, 11) is -7.37. The Kier molecular flexibility index (Phi) is 6.48. The van der Waals surface area contributed by atoms with E-state index in [0.717, 1.165) is 0 Å². The van der Waals surface area contributed by atoms with Gasteiger partial charge >= 0.3 is 0 Å². The lowest BCUT2D eigenvalue weighted by molar-refractivity contribution is -0.117. The standard InChI is InChI=1S/C20H24N4O5S2/c1-4-24(5-2)31(28,29)16-10-8-9-15(13-16)22-20(25)14(3)21-19-17-11-6-7-12-18(17)30(26,27)23-19/h6-14H,4-5H2,1-3H3,(H,21,23)(H,22,25)/t14-/m0/s1. The average molecular weight is 465 g/mol. The van der Waals surface area contributed by atoms with Crippen molar-refractivity contribution >= 4 is 37.5 Å². The molecule has 2 aromatic rings. The van der Waals surface area contributed by atoms with Crippen LogP contribution in [0.15, 0.2) is 63.3 Å². The van der Waals surface area contributed by atoms with Crippen molar-refractivity contribution in [1.82, 2.24) is 9.03 Å². The number of benzene rings is 2. The van der Waals surface area contributed by atoms with Crippen molar-refractivity contribution in [3.63, 3.8) is 0 Å². The molecule has 0 aromatic heterocycles. The van der Waals surface area contributed by atoms with Crippen molar-refractivity contribution in [3.05, 3.63) is 54.1 Å². The summed E-state index contributed by atoms with van der Waals surface area (Å²) in [6.45, 7) is 5.70. The zero-order valence-corrected chi connectivity index (χ0v) is 19.0. The van der Waals surface area contributed by atoms with Gasteiger partial charge in [-0.3, -0.25) is 14.5 Å². The topological polar surface area (TPSA) is 125 Å². The largest absolute Gasteiger partial charge is 0.324 e. The van der Waals surface area contributed by atoms with Gasteiger partial charge in [-0.2, -0.15) is 4.31 Å². The van der Waals surface area contributed by atoms with E-state index in [9.17, 15) is 21.6 Å². The van der Waals surface area contributed by atoms with Crippen molar-refractivity contribution in [3.8, 4) is 0 Å². The highest BCUT2D eigenvalue weighted by molar-refractivity contribution is 7.90. The summed E-state index contributed by atoms with van der Waals surface area (Å²) in [5.74, 6) is -0.412. The summed E-state index contributed by atoms with van der Waals surface area (Å²) in [6.07, 6.45) is 0. The van der Waals surface area contributed by atoms with Crippen LogP contribution in [0, 0.1) is 0 Å². The molecule has 11 heteroatoms. The molecule has 0 saturated heterocycles. The molecule has 3 rings (SSSR count). The second kappa shape index (κ2) is 8.77. The summed E-state index contributed by atoms with van der Waals surface area (Å²) >= 11 is 0. The molecule has 1 heterocycles. The lowest BCUT2D eigenvalue weighted by Gasteiger charge is -2.19. The van der Waals surface area contributed by atoms with Gasteiger partial charge in [-0.05, 0) is 37.3 Å². The number of carbonyl (C=O) groups is 1. The monoisotopic (exact) mass is 464 g/mol. The molecule has 0 aliphatic carbocycles. The summed E-state index contributed by atoms with van der Waals surface area (Å²) in [5, 5.41) is 2.64. The maximum absolute atomic E-state index is 12.7. The van der Waals surface area contributed by atoms with E-state index in [1.54, 1.807) is 44.2 Å². The number of hydrogen-bond donors (Lipinski definition) is 2. The molecule has 1 atom stereocenters. The molecule has 2 aromatic carbocycles. The molecular formula is C20H24N4O5S2. The molecule has 0 unspecified atom stereocenters. The molecule has 1 aliphatic rings. The first-order valence-electron chi connectivity index (χ1n) is 9.71. The summed E-state index contributed by atoms with van der Waals surface area (Å²) < 4.78 is 53.5. The molecule has 31 heavy (non-hydrogen) atoms. The van der Waals surface area contributed by atoms with Gasteiger partial charge in [0, 0.05) is 24.3 Å². The number of amides is 1. The van der Waals surface area contributed by atoms with E-state index < -0.39 is 32.0 Å². The third-order valence-electron chi connectivity index (χ3n) is 4.81. The molecule has 0 radical (unpaired) electrons. The normalized spacial score (nSPS) is 17.2. The van der Waals surface area contributed by atoms with Gasteiger partial charge in [-0.25, -0.2) is 16.8 Å². The fourth-order valence-electron chi connectivity index (χ4n) is 3.18. The van der Waals surface area contributed by atoms with Gasteiger partial charge in [-0.15, -0.1) is 0 Å². The maximum atomic E-state index is 12.7. The van der Waals surface area contributed by atoms with E-state index in [1.807, 2.05) is 0 Å². The van der Waals surface area contributed by atoms with Crippen LogP contribution >= 0.6 is 0 Å². The molecule has 0 spiro atoms. The quantitative estimate of drug-likeness (QED) is 0.646. The highest BCUT2D eigenvalue weighted by Crippen LogP contribution is 2.23. The zero-order chi connectivity index (χ0) is 22.8. The zero-order valence-electron chi connectivity index (χ0n) is 17.4. The smallest absolute Gasteiger partial charge is 0.263 e. The number of nitrogens with zero attached hydrogens (tertiary/aromatic N) is 2. The number of fused-ring (bicyclic) bond motifs is 1. The Morgan fingerprint density at radius 3 is 2.48 bits per heavy atom. The Labute approximate surface area is 182 Å². The number of nitrogens with one attached hydrogen (secondary N) is 2. The van der Waals surface area contributed by atoms with E-state index in [-0.39, 0.29) is 15.6 Å². The molecule has 2 N–H and O–H groups in total. The molecular weight excluding hydrogens is 440 g/mol. The van der Waals surface area contributed by atoms with Gasteiger partial charge in [0.1, 0.15) is 11.9 Å². The van der Waals surface area contributed by atoms with Crippen LogP contribution in [-0.4, -0.2) is 52.0 Å². The van der Waals surface area contributed by atoms with Gasteiger partial charge in [0.05, 0.1) is 9.79 Å². The number of amidine groups is 1. The number of hydrogen-bond acceptors (Lipinski definition) is 6. The third kappa shape index (κ3) is 4.63. The predicted molar refractivity (Wildman–Crippen MR) is 118 cm³/mol. The summed E-state index contributed by atoms with van der Waals surface area (Å²) in [5.41, 5.74) is 0.701. The molecule has 1 aliphatic heterocycles. The van der Waals surface area contributed by atoms with Crippen molar-refractivity contribution in [2.75, 3.05) is 18.4 Å². The van der Waals surface area contributed by atoms with Crippen LogP contribution in [0.2, 0.25) is 0 Å². The minimum Gasteiger partial charge on any atom is -0.324 e. The Morgan fingerprint density at radius 2 is 1.81 bits per heavy atom. The number of anilines is 1. The second-order valence-corrected chi connectivity index (χ2v) is 10.5. The molecule has 0 saturated carbocycles. The molecule has 0 fully saturated rings. The minimum atomic E-state index is -3.70. The van der Waals surface area contributed by atoms with Crippen molar-refractivity contribution < 1.29 is 21.6 Å². The van der Waals surface area contributed by atoms with E-state index in [0.29, 0.717) is 24.3 Å². The Hall–Kier alpha value is -2.76. The van der Waals surface area contributed by atoms with Crippen LogP contribution in [0.4, 0.5) is 5.69 Å². The number of sulfonamides is 2. The van der Waals surface area contributed by atoms with E-state index >= 15 is 0 Å². The molecule has 9 nitrogen and oxygen atoms in total. The van der Waals surface area contributed by atoms with Gasteiger partial charge in [0.25, 0.3) is 10.0 Å². The van der Waals surface area contributed by atoms with Gasteiger partial charge in [0.2, 0.25) is 15.9 Å². The van der Waals surface area contributed by atoms with Crippen molar-refractivity contribution in [2.45, 2.75) is 36.6 Å². The highest BCUT2D eigenvalue weighted by atomic mass is 32.2. The first kappa shape index (κ1) is 22.9. The first-order chi connectivity index (χ1) is 14.6. The van der Waals surface area contributed by atoms with Crippen LogP contribution in [0.25, 0.3) is 0 Å². The van der Waals surface area contributed by atoms with Crippen LogP contribution < -0.4 is 10.0 Å². The fourth-order valence-corrected chi connectivity index (χ4v) is 5.92. The molecule has 0 bridgehead atoms. The fraction of sp³-hybridized carbons (Fsp3) is 0.300. The summed E-state index contributed by atoms with van der Waals surface area (Å²) in [4.78, 5) is 17.0. The lowest BCUT2D eigenvalue weighted by Crippen LogP contribution is -2.31. The van der Waals surface area contributed by atoms with Crippen molar-refractivity contribution in [2.24, 2.45) is 4.99 Å². The number of carbonyl (C=O) groups excluding carboxylic acids is 1. The predicted octanol–water partition coefficient (Wildman–Crippen LogP) is 1.78. The minimum absolute atomic E-state index is 0.0745. The summed E-state index contributed by atoms with van der Waals surface area (Å²) in [6, 6.07) is 11.4. The Bertz CT molecular complexity index is 1240. The van der Waals surface area contributed by atoms with Crippen LogP contribution in [0.3, 0.4) is 0 Å². The number of aliphatic imine (C=N–C) groups is 1. The van der Waals surface area contributed by atoms with Gasteiger partial charge < -0.3 is 5.32 Å². The van der Waals surface area contributed by atoms with Crippen LogP contribution in [0.5, 0.6) is 0 Å². The van der Waals surface area contributed by atoms with Crippen LogP contribution in [-0.2, 0) is 24.8 Å². The molecule has 166 valence electrons. The SMILES string of the molecule is CCN(CC)S(=O)(=O)c1cccc(NC(=O)[C@H](C)N=C2NS(=O)(=O)c3ccccc32)c1. The lowest BCUT2D eigenvalue weighted by atomic mass is 10.2. The Balaban J connectivity index is 1.81. The highest BCUT2D eigenvalue weighted by Gasteiger charge is 2.31. The van der Waals surface area contributed by atoms with E-state index in [1.165, 1.54) is 29.4 Å². The van der Waals surface area contributed by atoms with E-state index in [4.69, 9.17) is 0 Å². The Morgan fingerprint density at radius 1 is 1.13 bits per heavy atom. The van der Waals surface area contributed by atoms with Gasteiger partial charge in [0.15, 0.2) is 0 Å².